The van der Waals surface area contributed by atoms with Crippen LogP contribution in [0.15, 0.2) is 6.07 Å². The standard InChI is InChI=1S/C15H20ClNO2/c1-2-11-12(10-4-5-17-9-10)8-13(16)15-14(11)18-6-3-7-19-15/h8,10,17H,2-7,9H2,1H3. The Labute approximate surface area is 119 Å². The first kappa shape index (κ1) is 13.1. The van der Waals surface area contributed by atoms with E-state index in [1.165, 1.54) is 17.5 Å². The van der Waals surface area contributed by atoms with Gasteiger partial charge >= 0.3 is 0 Å². The number of nitrogens with one attached hydrogen (secondary N) is 1. The molecule has 0 aliphatic carbocycles. The van der Waals surface area contributed by atoms with Gasteiger partial charge in [-0.15, -0.1) is 0 Å². The van der Waals surface area contributed by atoms with E-state index in [1.807, 2.05) is 0 Å². The second-order valence-corrected chi connectivity index (χ2v) is 5.59. The number of ether oxygens (including phenoxy) is 2. The molecule has 1 saturated heterocycles. The fourth-order valence-corrected chi connectivity index (χ4v) is 3.27. The first-order chi connectivity index (χ1) is 9.31. The smallest absolute Gasteiger partial charge is 0.180 e. The summed E-state index contributed by atoms with van der Waals surface area (Å²) in [6, 6.07) is 2.09. The molecule has 1 unspecified atom stereocenters. The number of hydrogen-bond donors (Lipinski definition) is 1. The highest BCUT2D eigenvalue weighted by Crippen LogP contribution is 2.44. The largest absolute Gasteiger partial charge is 0.489 e. The molecule has 1 N–H and O–H groups in total. The average molecular weight is 282 g/mol. The van der Waals surface area contributed by atoms with Gasteiger partial charge in [-0.2, -0.15) is 0 Å². The lowest BCUT2D eigenvalue weighted by atomic mass is 9.91. The zero-order valence-corrected chi connectivity index (χ0v) is 12.1. The molecule has 3 rings (SSSR count). The van der Waals surface area contributed by atoms with Crippen molar-refractivity contribution in [2.24, 2.45) is 0 Å². The highest BCUT2D eigenvalue weighted by atomic mass is 35.5. The molecule has 1 fully saturated rings. The topological polar surface area (TPSA) is 30.5 Å². The SMILES string of the molecule is CCc1c(C2CCNC2)cc(Cl)c2c1OCCCO2. The third-order valence-corrected chi connectivity index (χ3v) is 4.24. The highest BCUT2D eigenvalue weighted by molar-refractivity contribution is 6.32. The van der Waals surface area contributed by atoms with Crippen LogP contribution in [0.3, 0.4) is 0 Å². The van der Waals surface area contributed by atoms with Crippen LogP contribution < -0.4 is 14.8 Å². The molecule has 0 spiro atoms. The third kappa shape index (κ3) is 2.41. The fourth-order valence-electron chi connectivity index (χ4n) is 3.01. The van der Waals surface area contributed by atoms with Gasteiger partial charge in [-0.05, 0) is 36.9 Å². The zero-order valence-electron chi connectivity index (χ0n) is 11.3. The van der Waals surface area contributed by atoms with Crippen LogP contribution in [-0.4, -0.2) is 26.3 Å². The van der Waals surface area contributed by atoms with Gasteiger partial charge in [0.2, 0.25) is 0 Å². The van der Waals surface area contributed by atoms with Crippen molar-refractivity contribution >= 4 is 11.6 Å². The molecule has 1 atom stereocenters. The Balaban J connectivity index is 2.09. The first-order valence-corrected chi connectivity index (χ1v) is 7.50. The third-order valence-electron chi connectivity index (χ3n) is 3.96. The van der Waals surface area contributed by atoms with Gasteiger partial charge in [0.25, 0.3) is 0 Å². The van der Waals surface area contributed by atoms with Crippen molar-refractivity contribution in [2.75, 3.05) is 26.3 Å². The van der Waals surface area contributed by atoms with E-state index in [2.05, 4.69) is 18.3 Å². The summed E-state index contributed by atoms with van der Waals surface area (Å²) in [5, 5.41) is 4.11. The molecule has 3 nitrogen and oxygen atoms in total. The summed E-state index contributed by atoms with van der Waals surface area (Å²) in [4.78, 5) is 0. The number of halogens is 1. The van der Waals surface area contributed by atoms with E-state index in [9.17, 15) is 0 Å². The summed E-state index contributed by atoms with van der Waals surface area (Å²) in [6.45, 7) is 5.68. The van der Waals surface area contributed by atoms with Crippen molar-refractivity contribution < 1.29 is 9.47 Å². The maximum absolute atomic E-state index is 6.40. The van der Waals surface area contributed by atoms with Gasteiger partial charge in [0.15, 0.2) is 11.5 Å². The Morgan fingerprint density at radius 3 is 2.79 bits per heavy atom. The van der Waals surface area contributed by atoms with Crippen LogP contribution >= 0.6 is 11.6 Å². The van der Waals surface area contributed by atoms with Crippen LogP contribution in [-0.2, 0) is 6.42 Å². The Morgan fingerprint density at radius 2 is 2.11 bits per heavy atom. The average Bonchev–Trinajstić information content (AvgIpc) is 2.83. The van der Waals surface area contributed by atoms with Crippen molar-refractivity contribution in [1.82, 2.24) is 5.32 Å². The minimum Gasteiger partial charge on any atom is -0.489 e. The molecule has 0 aromatic heterocycles. The zero-order chi connectivity index (χ0) is 13.2. The van der Waals surface area contributed by atoms with E-state index in [1.54, 1.807) is 0 Å². The molecule has 0 radical (unpaired) electrons. The van der Waals surface area contributed by atoms with E-state index in [0.717, 1.165) is 37.4 Å². The quantitative estimate of drug-likeness (QED) is 0.903. The van der Waals surface area contributed by atoms with Gasteiger partial charge in [0.1, 0.15) is 0 Å². The maximum Gasteiger partial charge on any atom is 0.180 e. The minimum atomic E-state index is 0.546. The highest BCUT2D eigenvalue weighted by Gasteiger charge is 2.26. The normalized spacial score (nSPS) is 22.3. The second-order valence-electron chi connectivity index (χ2n) is 5.18. The molecule has 2 aliphatic rings. The van der Waals surface area contributed by atoms with E-state index >= 15 is 0 Å². The minimum absolute atomic E-state index is 0.546. The summed E-state index contributed by atoms with van der Waals surface area (Å²) >= 11 is 6.40. The van der Waals surface area contributed by atoms with Gasteiger partial charge in [-0.25, -0.2) is 0 Å². The van der Waals surface area contributed by atoms with Crippen molar-refractivity contribution in [3.63, 3.8) is 0 Å². The van der Waals surface area contributed by atoms with Gasteiger partial charge in [-0.3, -0.25) is 0 Å². The lowest BCUT2D eigenvalue weighted by molar-refractivity contribution is 0.296. The molecule has 1 aromatic rings. The van der Waals surface area contributed by atoms with Crippen LogP contribution in [0.2, 0.25) is 5.02 Å². The van der Waals surface area contributed by atoms with Gasteiger partial charge in [0.05, 0.1) is 18.2 Å². The van der Waals surface area contributed by atoms with Crippen molar-refractivity contribution in [3.05, 3.63) is 22.2 Å². The molecule has 0 saturated carbocycles. The Morgan fingerprint density at radius 1 is 1.32 bits per heavy atom. The Kier molecular flexibility index (Phi) is 3.85. The van der Waals surface area contributed by atoms with E-state index in [-0.39, 0.29) is 0 Å². The molecule has 104 valence electrons. The van der Waals surface area contributed by atoms with Crippen LogP contribution in [0.25, 0.3) is 0 Å². The number of rotatable bonds is 2. The molecule has 19 heavy (non-hydrogen) atoms. The van der Waals surface area contributed by atoms with Gasteiger partial charge in [0, 0.05) is 18.5 Å². The fraction of sp³-hybridized carbons (Fsp3) is 0.600. The Bertz CT molecular complexity index is 470. The van der Waals surface area contributed by atoms with Crippen molar-refractivity contribution in [2.45, 2.75) is 32.1 Å². The van der Waals surface area contributed by atoms with Gasteiger partial charge < -0.3 is 14.8 Å². The summed E-state index contributed by atoms with van der Waals surface area (Å²) in [7, 11) is 0. The molecule has 4 heteroatoms. The molecular formula is C15H20ClNO2. The predicted molar refractivity (Wildman–Crippen MR) is 76.7 cm³/mol. The molecule has 2 aliphatic heterocycles. The van der Waals surface area contributed by atoms with E-state index in [4.69, 9.17) is 21.1 Å². The summed E-state index contributed by atoms with van der Waals surface area (Å²) < 4.78 is 11.7. The molecule has 1 aromatic carbocycles. The van der Waals surface area contributed by atoms with E-state index in [0.29, 0.717) is 24.2 Å². The van der Waals surface area contributed by atoms with Crippen LogP contribution in [0.1, 0.15) is 36.8 Å². The molecule has 2 heterocycles. The monoisotopic (exact) mass is 281 g/mol. The Hall–Kier alpha value is -0.930. The number of fused-ring (bicyclic) bond motifs is 1. The molecule has 0 amide bonds. The summed E-state index contributed by atoms with van der Waals surface area (Å²) in [5.74, 6) is 2.17. The first-order valence-electron chi connectivity index (χ1n) is 7.12. The summed E-state index contributed by atoms with van der Waals surface area (Å²) in [6.07, 6.45) is 3.03. The molecular weight excluding hydrogens is 262 g/mol. The van der Waals surface area contributed by atoms with Crippen molar-refractivity contribution in [3.8, 4) is 11.5 Å². The summed E-state index contributed by atoms with van der Waals surface area (Å²) in [5.41, 5.74) is 2.61. The van der Waals surface area contributed by atoms with Crippen LogP contribution in [0.4, 0.5) is 0 Å². The predicted octanol–water partition coefficient (Wildman–Crippen LogP) is 3.14. The lowest BCUT2D eigenvalue weighted by Gasteiger charge is -2.20. The van der Waals surface area contributed by atoms with Crippen LogP contribution in [0.5, 0.6) is 11.5 Å². The second kappa shape index (κ2) is 5.59. The molecule has 0 bridgehead atoms. The van der Waals surface area contributed by atoms with Crippen molar-refractivity contribution in [1.29, 1.82) is 0 Å². The van der Waals surface area contributed by atoms with Gasteiger partial charge in [-0.1, -0.05) is 18.5 Å². The lowest BCUT2D eigenvalue weighted by Crippen LogP contribution is -2.10. The van der Waals surface area contributed by atoms with Crippen LogP contribution in [0, 0.1) is 0 Å². The number of hydrogen-bond acceptors (Lipinski definition) is 3. The maximum atomic E-state index is 6.40. The number of benzene rings is 1. The van der Waals surface area contributed by atoms with E-state index < -0.39 is 0 Å².